The van der Waals surface area contributed by atoms with Crippen molar-refractivity contribution in [2.45, 2.75) is 0 Å². The van der Waals surface area contributed by atoms with Gasteiger partial charge in [0.05, 0.1) is 0 Å². The monoisotopic (exact) mass is 368 g/mol. The topological polar surface area (TPSA) is 77.8 Å². The second-order valence-corrected chi connectivity index (χ2v) is 5.75. The van der Waals surface area contributed by atoms with Crippen molar-refractivity contribution in [3.63, 3.8) is 0 Å². The molecule has 0 bridgehead atoms. The van der Waals surface area contributed by atoms with E-state index in [0.29, 0.717) is 17.7 Å². The van der Waals surface area contributed by atoms with Crippen molar-refractivity contribution in [2.75, 3.05) is 0 Å². The molecule has 2 heterocycles. The van der Waals surface area contributed by atoms with Crippen LogP contribution in [0.25, 0.3) is 34.4 Å². The molecule has 136 valence electrons. The van der Waals surface area contributed by atoms with Gasteiger partial charge in [0.1, 0.15) is 0 Å². The molecule has 6 nitrogen and oxygen atoms in total. The fourth-order valence-corrected chi connectivity index (χ4v) is 2.50. The first-order chi connectivity index (χ1) is 13.9. The van der Waals surface area contributed by atoms with E-state index in [1.54, 1.807) is 0 Å². The van der Waals surface area contributed by atoms with E-state index >= 15 is 0 Å². The maximum atomic E-state index is 5.63. The Kier molecular flexibility index (Phi) is 5.30. The average molecular weight is 368 g/mol. The third kappa shape index (κ3) is 4.19. The predicted octanol–water partition coefficient (Wildman–Crippen LogP) is 5.14. The normalized spacial score (nSPS) is 10.1. The van der Waals surface area contributed by atoms with Crippen molar-refractivity contribution < 1.29 is 8.83 Å². The van der Waals surface area contributed by atoms with Gasteiger partial charge in [-0.15, -0.1) is 20.4 Å². The van der Waals surface area contributed by atoms with Crippen molar-refractivity contribution >= 4 is 0 Å². The minimum absolute atomic E-state index is 0.546. The number of benzene rings is 3. The Morgan fingerprint density at radius 3 is 1.29 bits per heavy atom. The Hall–Kier alpha value is -4.06. The van der Waals surface area contributed by atoms with Gasteiger partial charge in [-0.1, -0.05) is 54.6 Å². The molecule has 28 heavy (non-hydrogen) atoms. The molecule has 0 saturated carbocycles. The van der Waals surface area contributed by atoms with Gasteiger partial charge in [0.25, 0.3) is 0 Å². The fourth-order valence-electron chi connectivity index (χ4n) is 2.50. The summed E-state index contributed by atoms with van der Waals surface area (Å²) in [5.74, 6) is 1.65. The minimum Gasteiger partial charge on any atom is -0.423 e. The quantitative estimate of drug-likeness (QED) is 0.439. The van der Waals surface area contributed by atoms with Gasteiger partial charge in [-0.3, -0.25) is 0 Å². The van der Waals surface area contributed by atoms with E-state index in [1.807, 2.05) is 91.0 Å². The molecule has 0 radical (unpaired) electrons. The van der Waals surface area contributed by atoms with Gasteiger partial charge in [-0.2, -0.15) is 0 Å². The van der Waals surface area contributed by atoms with Crippen LogP contribution in [0.1, 0.15) is 0 Å². The highest BCUT2D eigenvalue weighted by molar-refractivity contribution is 5.57. The van der Waals surface area contributed by atoms with Crippen molar-refractivity contribution in [2.24, 2.45) is 0 Å². The van der Waals surface area contributed by atoms with E-state index in [-0.39, 0.29) is 0 Å². The van der Waals surface area contributed by atoms with Crippen LogP contribution in [-0.4, -0.2) is 20.4 Å². The number of aromatic nitrogens is 4. The van der Waals surface area contributed by atoms with Crippen LogP contribution >= 0.6 is 0 Å². The van der Waals surface area contributed by atoms with Gasteiger partial charge in [-0.05, 0) is 36.4 Å². The van der Waals surface area contributed by atoms with Crippen molar-refractivity contribution in [3.05, 3.63) is 97.4 Å². The van der Waals surface area contributed by atoms with Gasteiger partial charge in [0.2, 0.25) is 24.1 Å². The molecular weight excluding hydrogens is 352 g/mol. The third-order valence-electron chi connectivity index (χ3n) is 3.85. The van der Waals surface area contributed by atoms with Crippen LogP contribution in [0, 0.1) is 0 Å². The number of rotatable bonds is 3. The SMILES string of the molecule is c1ccc(-c2nnc(-c3ccccc3)o2)cc1.c1ccc(-c2nnco2)cc1. The third-order valence-corrected chi connectivity index (χ3v) is 3.85. The van der Waals surface area contributed by atoms with E-state index in [4.69, 9.17) is 8.83 Å². The van der Waals surface area contributed by atoms with Gasteiger partial charge >= 0.3 is 0 Å². The van der Waals surface area contributed by atoms with Crippen molar-refractivity contribution in [1.82, 2.24) is 20.4 Å². The van der Waals surface area contributed by atoms with E-state index in [2.05, 4.69) is 20.4 Å². The Labute approximate surface area is 161 Å². The number of hydrogen-bond donors (Lipinski definition) is 0. The second-order valence-electron chi connectivity index (χ2n) is 5.75. The van der Waals surface area contributed by atoms with Crippen LogP contribution in [0.4, 0.5) is 0 Å². The molecular formula is C22H16N4O2. The van der Waals surface area contributed by atoms with Crippen LogP contribution < -0.4 is 0 Å². The highest BCUT2D eigenvalue weighted by atomic mass is 16.4. The van der Waals surface area contributed by atoms with Crippen LogP contribution in [0.3, 0.4) is 0 Å². The van der Waals surface area contributed by atoms with E-state index in [1.165, 1.54) is 6.39 Å². The summed E-state index contributed by atoms with van der Waals surface area (Å²) in [4.78, 5) is 0. The molecule has 0 saturated heterocycles. The molecule has 0 atom stereocenters. The summed E-state index contributed by atoms with van der Waals surface area (Å²) >= 11 is 0. The lowest BCUT2D eigenvalue weighted by Gasteiger charge is -1.93. The molecule has 3 aromatic carbocycles. The minimum atomic E-state index is 0.546. The number of nitrogens with zero attached hydrogens (tertiary/aromatic N) is 4. The van der Waals surface area contributed by atoms with E-state index in [0.717, 1.165) is 16.7 Å². The van der Waals surface area contributed by atoms with Crippen LogP contribution in [0.5, 0.6) is 0 Å². The molecule has 0 N–H and O–H groups in total. The molecule has 0 aliphatic carbocycles. The first kappa shape index (κ1) is 17.4. The Morgan fingerprint density at radius 1 is 0.464 bits per heavy atom. The highest BCUT2D eigenvalue weighted by Gasteiger charge is 2.09. The van der Waals surface area contributed by atoms with Crippen LogP contribution in [0.15, 0.2) is 106 Å². The highest BCUT2D eigenvalue weighted by Crippen LogP contribution is 2.23. The molecule has 5 rings (SSSR count). The zero-order chi connectivity index (χ0) is 19.0. The zero-order valence-corrected chi connectivity index (χ0v) is 14.8. The molecule has 0 amide bonds. The summed E-state index contributed by atoms with van der Waals surface area (Å²) in [6.45, 7) is 0. The lowest BCUT2D eigenvalue weighted by molar-refractivity contribution is 0.568. The Bertz CT molecular complexity index is 1040. The van der Waals surface area contributed by atoms with Crippen molar-refractivity contribution in [3.8, 4) is 34.4 Å². The molecule has 5 aromatic rings. The first-order valence-corrected chi connectivity index (χ1v) is 8.66. The Balaban J connectivity index is 0.000000151. The lowest BCUT2D eigenvalue weighted by atomic mass is 10.2. The fraction of sp³-hybridized carbons (Fsp3) is 0. The van der Waals surface area contributed by atoms with Crippen LogP contribution in [-0.2, 0) is 0 Å². The standard InChI is InChI=1S/C14H10N2O.C8H6N2O/c1-3-7-11(8-4-1)13-15-16-14(17-13)12-9-5-2-6-10-12;1-2-4-7(5-3-1)8-10-9-6-11-8/h1-10H;1-6H. The van der Waals surface area contributed by atoms with Gasteiger partial charge in [-0.25, -0.2) is 0 Å². The second kappa shape index (κ2) is 8.55. The summed E-state index contributed by atoms with van der Waals surface area (Å²) in [7, 11) is 0. The summed E-state index contributed by atoms with van der Waals surface area (Å²) < 4.78 is 10.6. The Morgan fingerprint density at radius 2 is 0.893 bits per heavy atom. The largest absolute Gasteiger partial charge is 0.423 e. The van der Waals surface area contributed by atoms with Gasteiger partial charge in [0, 0.05) is 16.7 Å². The maximum Gasteiger partial charge on any atom is 0.248 e. The molecule has 0 aliphatic rings. The van der Waals surface area contributed by atoms with E-state index in [9.17, 15) is 0 Å². The van der Waals surface area contributed by atoms with Crippen molar-refractivity contribution in [1.29, 1.82) is 0 Å². The zero-order valence-electron chi connectivity index (χ0n) is 14.8. The molecule has 0 fully saturated rings. The van der Waals surface area contributed by atoms with Gasteiger partial charge < -0.3 is 8.83 Å². The average Bonchev–Trinajstić information content (AvgIpc) is 3.49. The summed E-state index contributed by atoms with van der Waals surface area (Å²) in [5, 5.41) is 15.4. The molecule has 6 heteroatoms. The lowest BCUT2D eigenvalue weighted by Crippen LogP contribution is -1.76. The van der Waals surface area contributed by atoms with Gasteiger partial charge in [0.15, 0.2) is 0 Å². The molecule has 2 aromatic heterocycles. The smallest absolute Gasteiger partial charge is 0.248 e. The molecule has 0 aliphatic heterocycles. The maximum absolute atomic E-state index is 5.63. The predicted molar refractivity (Wildman–Crippen MR) is 105 cm³/mol. The van der Waals surface area contributed by atoms with E-state index < -0.39 is 0 Å². The summed E-state index contributed by atoms with van der Waals surface area (Å²) in [6, 6.07) is 29.1. The summed E-state index contributed by atoms with van der Waals surface area (Å²) in [6.07, 6.45) is 1.32. The number of hydrogen-bond acceptors (Lipinski definition) is 6. The first-order valence-electron chi connectivity index (χ1n) is 8.66. The molecule has 0 spiro atoms. The van der Waals surface area contributed by atoms with Crippen LogP contribution in [0.2, 0.25) is 0 Å². The molecule has 0 unspecified atom stereocenters. The summed E-state index contributed by atoms with van der Waals surface area (Å²) in [5.41, 5.74) is 2.81.